The first kappa shape index (κ1) is 13.8. The van der Waals surface area contributed by atoms with E-state index in [0.717, 1.165) is 32.4 Å². The minimum atomic E-state index is -0.644. The molecule has 1 heterocycles. The van der Waals surface area contributed by atoms with Crippen LogP contribution in [0.4, 0.5) is 0 Å². The normalized spacial score (nSPS) is 33.2. The highest BCUT2D eigenvalue weighted by atomic mass is 16.5. The van der Waals surface area contributed by atoms with Crippen molar-refractivity contribution in [2.24, 2.45) is 5.41 Å². The molecule has 18 heavy (non-hydrogen) atoms. The van der Waals surface area contributed by atoms with Gasteiger partial charge in [0.2, 0.25) is 0 Å². The number of piperidine rings is 1. The first-order valence-electron chi connectivity index (χ1n) is 7.07. The molecule has 2 unspecified atom stereocenters. The molecule has 0 aromatic carbocycles. The van der Waals surface area contributed by atoms with Crippen molar-refractivity contribution in [1.82, 2.24) is 4.90 Å². The molecule has 1 aliphatic heterocycles. The molecule has 1 aliphatic carbocycles. The van der Waals surface area contributed by atoms with E-state index in [0.29, 0.717) is 12.1 Å². The second-order valence-corrected chi connectivity index (χ2v) is 6.03. The van der Waals surface area contributed by atoms with Crippen LogP contribution < -0.4 is 0 Å². The number of aliphatic carboxylic acids is 1. The molecule has 1 saturated heterocycles. The van der Waals surface area contributed by atoms with Gasteiger partial charge in [0.1, 0.15) is 0 Å². The van der Waals surface area contributed by atoms with Crippen molar-refractivity contribution in [2.75, 3.05) is 20.2 Å². The van der Waals surface area contributed by atoms with E-state index >= 15 is 0 Å². The quantitative estimate of drug-likeness (QED) is 0.839. The molecule has 2 rings (SSSR count). The zero-order valence-corrected chi connectivity index (χ0v) is 11.5. The molecular formula is C14H25NO3. The third-order valence-electron chi connectivity index (χ3n) is 4.86. The molecule has 0 spiro atoms. The van der Waals surface area contributed by atoms with Crippen molar-refractivity contribution >= 4 is 5.97 Å². The van der Waals surface area contributed by atoms with E-state index in [4.69, 9.17) is 4.74 Å². The number of methoxy groups -OCH3 is 1. The molecule has 0 radical (unpaired) electrons. The molecule has 0 bridgehead atoms. The Morgan fingerprint density at radius 2 is 1.89 bits per heavy atom. The van der Waals surface area contributed by atoms with Crippen LogP contribution in [0.5, 0.6) is 0 Å². The summed E-state index contributed by atoms with van der Waals surface area (Å²) in [4.78, 5) is 13.7. The summed E-state index contributed by atoms with van der Waals surface area (Å²) in [5, 5.41) is 9.25. The van der Waals surface area contributed by atoms with E-state index in [9.17, 15) is 9.90 Å². The number of carboxylic acid groups (broad SMARTS) is 1. The summed E-state index contributed by atoms with van der Waals surface area (Å²) in [5.74, 6) is -0.644. The molecule has 0 aromatic rings. The van der Waals surface area contributed by atoms with Crippen molar-refractivity contribution in [3.05, 3.63) is 0 Å². The maximum Gasteiger partial charge on any atom is 0.309 e. The first-order chi connectivity index (χ1) is 8.57. The van der Waals surface area contributed by atoms with Gasteiger partial charge < -0.3 is 9.84 Å². The lowest BCUT2D eigenvalue weighted by molar-refractivity contribution is -0.151. The van der Waals surface area contributed by atoms with E-state index in [1.54, 1.807) is 7.11 Å². The number of rotatable bonds is 3. The van der Waals surface area contributed by atoms with E-state index < -0.39 is 11.4 Å². The van der Waals surface area contributed by atoms with Gasteiger partial charge in [-0.05, 0) is 45.7 Å². The van der Waals surface area contributed by atoms with E-state index in [-0.39, 0.29) is 0 Å². The molecule has 4 heteroatoms. The molecule has 0 aromatic heterocycles. The van der Waals surface area contributed by atoms with Gasteiger partial charge in [-0.1, -0.05) is 12.8 Å². The zero-order chi connectivity index (χ0) is 13.2. The Kier molecular flexibility index (Phi) is 4.28. The summed E-state index contributed by atoms with van der Waals surface area (Å²) in [7, 11) is 1.80. The highest BCUT2D eigenvalue weighted by molar-refractivity contribution is 5.74. The number of hydrogen-bond donors (Lipinski definition) is 1. The van der Waals surface area contributed by atoms with Gasteiger partial charge in [0.25, 0.3) is 0 Å². The third-order valence-corrected chi connectivity index (χ3v) is 4.86. The van der Waals surface area contributed by atoms with Crippen molar-refractivity contribution in [1.29, 1.82) is 0 Å². The SMILES string of the molecule is COC1CCCCC1N1CCC(C)(C(=O)O)CC1. The Morgan fingerprint density at radius 3 is 2.44 bits per heavy atom. The summed E-state index contributed by atoms with van der Waals surface area (Å²) < 4.78 is 5.60. The maximum atomic E-state index is 11.2. The van der Waals surface area contributed by atoms with Gasteiger partial charge in [0.05, 0.1) is 11.5 Å². The molecule has 2 aliphatic rings. The second kappa shape index (κ2) is 5.57. The number of carbonyl (C=O) groups is 1. The van der Waals surface area contributed by atoms with Crippen LogP contribution in [-0.4, -0.2) is 48.3 Å². The Labute approximate surface area is 109 Å². The number of hydrogen-bond acceptors (Lipinski definition) is 3. The largest absolute Gasteiger partial charge is 0.481 e. The van der Waals surface area contributed by atoms with Crippen LogP contribution in [0.2, 0.25) is 0 Å². The van der Waals surface area contributed by atoms with Crippen molar-refractivity contribution < 1.29 is 14.6 Å². The molecule has 1 saturated carbocycles. The summed E-state index contributed by atoms with van der Waals surface area (Å²) in [6, 6.07) is 0.502. The Hall–Kier alpha value is -0.610. The van der Waals surface area contributed by atoms with Crippen LogP contribution in [0.3, 0.4) is 0 Å². The topological polar surface area (TPSA) is 49.8 Å². The van der Waals surface area contributed by atoms with Gasteiger partial charge >= 0.3 is 5.97 Å². The molecule has 1 N–H and O–H groups in total. The van der Waals surface area contributed by atoms with Crippen molar-refractivity contribution in [3.63, 3.8) is 0 Å². The molecule has 104 valence electrons. The van der Waals surface area contributed by atoms with E-state index in [1.165, 1.54) is 19.3 Å². The Bertz CT molecular complexity index is 297. The smallest absolute Gasteiger partial charge is 0.309 e. The van der Waals surface area contributed by atoms with Crippen LogP contribution in [-0.2, 0) is 9.53 Å². The van der Waals surface area contributed by atoms with Crippen LogP contribution in [0.25, 0.3) is 0 Å². The fraction of sp³-hybridized carbons (Fsp3) is 0.929. The molecular weight excluding hydrogens is 230 g/mol. The van der Waals surface area contributed by atoms with Gasteiger partial charge in [-0.25, -0.2) is 0 Å². The van der Waals surface area contributed by atoms with E-state index in [1.807, 2.05) is 6.92 Å². The Morgan fingerprint density at radius 1 is 1.28 bits per heavy atom. The third kappa shape index (κ3) is 2.69. The van der Waals surface area contributed by atoms with Gasteiger partial charge in [-0.3, -0.25) is 9.69 Å². The molecule has 2 fully saturated rings. The second-order valence-electron chi connectivity index (χ2n) is 6.03. The van der Waals surface area contributed by atoms with Crippen LogP contribution in [0.15, 0.2) is 0 Å². The van der Waals surface area contributed by atoms with Crippen molar-refractivity contribution in [3.8, 4) is 0 Å². The lowest BCUT2D eigenvalue weighted by Crippen LogP contribution is -2.52. The van der Waals surface area contributed by atoms with Gasteiger partial charge in [-0.2, -0.15) is 0 Å². The van der Waals surface area contributed by atoms with Gasteiger partial charge in [-0.15, -0.1) is 0 Å². The summed E-state index contributed by atoms with van der Waals surface area (Å²) >= 11 is 0. The number of likely N-dealkylation sites (tertiary alicyclic amines) is 1. The predicted octanol–water partition coefficient (Wildman–Crippen LogP) is 2.13. The summed E-state index contributed by atoms with van der Waals surface area (Å²) in [5.41, 5.74) is -0.520. The maximum absolute atomic E-state index is 11.2. The lowest BCUT2D eigenvalue weighted by Gasteiger charge is -2.44. The number of nitrogens with zero attached hydrogens (tertiary/aromatic N) is 1. The molecule has 2 atom stereocenters. The zero-order valence-electron chi connectivity index (χ0n) is 11.5. The van der Waals surface area contributed by atoms with E-state index in [2.05, 4.69) is 4.90 Å². The minimum Gasteiger partial charge on any atom is -0.481 e. The predicted molar refractivity (Wildman–Crippen MR) is 69.6 cm³/mol. The van der Waals surface area contributed by atoms with Crippen molar-refractivity contribution in [2.45, 2.75) is 57.6 Å². The van der Waals surface area contributed by atoms with Crippen LogP contribution in [0.1, 0.15) is 45.4 Å². The average molecular weight is 255 g/mol. The number of ether oxygens (including phenoxy) is 1. The van der Waals surface area contributed by atoms with Crippen LogP contribution >= 0.6 is 0 Å². The van der Waals surface area contributed by atoms with Crippen LogP contribution in [0, 0.1) is 5.41 Å². The molecule has 0 amide bonds. The fourth-order valence-electron chi connectivity index (χ4n) is 3.33. The molecule has 4 nitrogen and oxygen atoms in total. The first-order valence-corrected chi connectivity index (χ1v) is 7.07. The monoisotopic (exact) mass is 255 g/mol. The summed E-state index contributed by atoms with van der Waals surface area (Å²) in [6.07, 6.45) is 6.74. The van der Waals surface area contributed by atoms with Gasteiger partial charge in [0.15, 0.2) is 0 Å². The lowest BCUT2D eigenvalue weighted by atomic mass is 9.79. The summed E-state index contributed by atoms with van der Waals surface area (Å²) in [6.45, 7) is 3.67. The number of carboxylic acids is 1. The average Bonchev–Trinajstić information content (AvgIpc) is 2.39. The Balaban J connectivity index is 1.94. The standard InChI is InChI=1S/C14H25NO3/c1-14(13(16)17)7-9-15(10-8-14)11-5-3-4-6-12(11)18-2/h11-12H,3-10H2,1-2H3,(H,16,17). The highest BCUT2D eigenvalue weighted by Gasteiger charge is 2.40. The minimum absolute atomic E-state index is 0.341. The highest BCUT2D eigenvalue weighted by Crippen LogP contribution is 2.34. The fourth-order valence-corrected chi connectivity index (χ4v) is 3.33. The van der Waals surface area contributed by atoms with Gasteiger partial charge in [0, 0.05) is 13.2 Å².